The molecule has 0 saturated carbocycles. The van der Waals surface area contributed by atoms with E-state index in [1.54, 1.807) is 0 Å². The number of alkyl halides is 6. The topological polar surface area (TPSA) is 270 Å². The lowest BCUT2D eigenvalue weighted by atomic mass is 9.84. The number of anilines is 2. The van der Waals surface area contributed by atoms with Gasteiger partial charge in [0, 0.05) is 35.3 Å². The number of benzene rings is 3. The summed E-state index contributed by atoms with van der Waals surface area (Å²) in [7, 11) is 0. The highest BCUT2D eigenvalue weighted by Gasteiger charge is 2.29. The Balaban J connectivity index is 0.00000117. The Bertz CT molecular complexity index is 1890. The predicted octanol–water partition coefficient (Wildman–Crippen LogP) is 1.14. The van der Waals surface area contributed by atoms with E-state index in [0.29, 0.717) is 38.8 Å². The number of carboxylic acid groups (broad SMARTS) is 2. The molecule has 3 aromatic carbocycles. The third kappa shape index (κ3) is 20.3. The third-order valence-electron chi connectivity index (χ3n) is 8.61. The van der Waals surface area contributed by atoms with Crippen molar-refractivity contribution < 1.29 is 65.7 Å². The fraction of sp³-hybridized carbons (Fsp3) is 0.429. The number of carbonyl (C=O) groups excluding carboxylic acids is 4. The summed E-state index contributed by atoms with van der Waals surface area (Å²) in [5.74, 6) is -5.73. The van der Waals surface area contributed by atoms with Crippen LogP contribution in [0.3, 0.4) is 0 Å². The van der Waals surface area contributed by atoms with Gasteiger partial charge in [-0.1, -0.05) is 77.9 Å². The minimum Gasteiger partial charge on any atom is -0.542 e. The Morgan fingerprint density at radius 1 is 0.532 bits per heavy atom. The standard InChI is InChI=1S/C38H54N8O2.2C2HF3O2/c1-37(2,3)27-17-19-31(45-33(47)11-7-9-21-43-35(39)40)29(23-27)25-13-15-26(16-14-25)30-24-28(38(4,5)6)18-20-32(30)46-34(48)12-8-10-22-44-36(41)42;2*3-2(4,5)1(6)7/h13-20,23-24H,7-12,21-22H2,1-6H3,(H,45,47)(H,46,48)(H4,39,40,43)(H4,41,42,44);2*(H,6,7). The maximum Gasteiger partial charge on any atom is 0.430 e. The second-order valence-electron chi connectivity index (χ2n) is 15.9. The minimum atomic E-state index is -5.19. The van der Waals surface area contributed by atoms with Crippen LogP contribution in [-0.2, 0) is 30.0 Å². The van der Waals surface area contributed by atoms with Crippen molar-refractivity contribution in [2.45, 2.75) is 103 Å². The molecule has 0 aliphatic heterocycles. The summed E-state index contributed by atoms with van der Waals surface area (Å²) >= 11 is 0. The summed E-state index contributed by atoms with van der Waals surface area (Å²) in [6, 6.07) is 20.8. The Kier molecular flexibility index (Phi) is 20.4. The normalized spacial score (nSPS) is 11.4. The number of guanidine groups is 2. The molecule has 0 atom stereocenters. The molecule has 0 aliphatic rings. The van der Waals surface area contributed by atoms with Crippen molar-refractivity contribution in [3.8, 4) is 22.3 Å². The van der Waals surface area contributed by atoms with Crippen molar-refractivity contribution in [3.63, 3.8) is 0 Å². The van der Waals surface area contributed by atoms with Crippen molar-refractivity contribution in [1.82, 2.24) is 0 Å². The molecule has 14 nitrogen and oxygen atoms in total. The van der Waals surface area contributed by atoms with Crippen LogP contribution in [-0.4, -0.2) is 61.1 Å². The molecular weight excluding hydrogens is 827 g/mol. The number of aliphatic carboxylic acids is 2. The van der Waals surface area contributed by atoms with E-state index in [1.165, 1.54) is 11.1 Å². The van der Waals surface area contributed by atoms with E-state index in [4.69, 9.17) is 42.7 Å². The maximum absolute atomic E-state index is 12.9. The lowest BCUT2D eigenvalue weighted by molar-refractivity contribution is -0.460. The van der Waals surface area contributed by atoms with Crippen molar-refractivity contribution in [2.75, 3.05) is 23.7 Å². The number of carboxylic acids is 2. The summed E-state index contributed by atoms with van der Waals surface area (Å²) in [4.78, 5) is 49.2. The van der Waals surface area contributed by atoms with E-state index in [9.17, 15) is 35.9 Å². The molecule has 0 aromatic heterocycles. The molecule has 0 unspecified atom stereocenters. The largest absolute Gasteiger partial charge is 0.542 e. The van der Waals surface area contributed by atoms with E-state index < -0.39 is 24.3 Å². The first-order valence-corrected chi connectivity index (χ1v) is 19.2. The molecule has 0 saturated heterocycles. The van der Waals surface area contributed by atoms with Crippen molar-refractivity contribution in [1.29, 1.82) is 0 Å². The molecular formula is C42H56F6N8O6. The van der Waals surface area contributed by atoms with Crippen LogP contribution in [0.25, 0.3) is 22.3 Å². The van der Waals surface area contributed by atoms with Gasteiger partial charge in [0.1, 0.15) is 11.9 Å². The fourth-order valence-electron chi connectivity index (χ4n) is 5.26. The Hall–Kier alpha value is -6.34. The molecule has 0 radical (unpaired) electrons. The van der Waals surface area contributed by atoms with Crippen LogP contribution in [0.2, 0.25) is 0 Å². The van der Waals surface area contributed by atoms with Gasteiger partial charge in [0.25, 0.3) is 0 Å². The van der Waals surface area contributed by atoms with Crippen LogP contribution in [0.4, 0.5) is 37.7 Å². The van der Waals surface area contributed by atoms with E-state index in [0.717, 1.165) is 46.5 Å². The monoisotopic (exact) mass is 882 g/mol. The van der Waals surface area contributed by atoms with Crippen molar-refractivity contribution in [2.24, 2.45) is 22.9 Å². The van der Waals surface area contributed by atoms with Gasteiger partial charge in [0.05, 0.1) is 13.1 Å². The summed E-state index contributed by atoms with van der Waals surface area (Å²) < 4.78 is 63.1. The lowest BCUT2D eigenvalue weighted by Gasteiger charge is -2.23. The van der Waals surface area contributed by atoms with Gasteiger partial charge in [-0.3, -0.25) is 42.5 Å². The lowest BCUT2D eigenvalue weighted by Crippen LogP contribution is -2.78. The average molecular weight is 883 g/mol. The van der Waals surface area contributed by atoms with Crippen LogP contribution in [0, 0.1) is 0 Å². The molecule has 0 bridgehead atoms. The third-order valence-corrected chi connectivity index (χ3v) is 8.61. The van der Waals surface area contributed by atoms with Gasteiger partial charge in [-0.25, -0.2) is 0 Å². The van der Waals surface area contributed by atoms with Crippen molar-refractivity contribution in [3.05, 3.63) is 71.8 Å². The van der Waals surface area contributed by atoms with E-state index >= 15 is 0 Å². The molecule has 3 rings (SSSR count). The van der Waals surface area contributed by atoms with Crippen LogP contribution < -0.4 is 53.8 Å². The Labute approximate surface area is 356 Å². The first kappa shape index (κ1) is 53.7. The summed E-state index contributed by atoms with van der Waals surface area (Å²) in [6.45, 7) is 14.3. The number of unbranched alkanes of at least 4 members (excludes halogenated alkanes) is 2. The number of nitrogens with two attached hydrogens (primary N) is 4. The van der Waals surface area contributed by atoms with E-state index in [2.05, 4.69) is 111 Å². The smallest absolute Gasteiger partial charge is 0.430 e. The van der Waals surface area contributed by atoms with Crippen LogP contribution in [0.5, 0.6) is 0 Å². The second-order valence-corrected chi connectivity index (χ2v) is 15.9. The molecule has 62 heavy (non-hydrogen) atoms. The fourth-order valence-corrected chi connectivity index (χ4v) is 5.26. The average Bonchev–Trinajstić information content (AvgIpc) is 3.13. The SMILES string of the molecule is CC(C)(C)c1ccc(NC(=O)CCCC[NH+]=C(N)N)c(-c2ccc(-c3cc(C(C)(C)C)ccc3NC(=O)CCCC[NH+]=C(N)N)cc2)c1.O=C([O-])C(F)(F)F.O=C([O-])C(F)(F)F. The zero-order chi connectivity index (χ0) is 47.6. The molecule has 0 aliphatic carbocycles. The Morgan fingerprint density at radius 2 is 0.823 bits per heavy atom. The predicted molar refractivity (Wildman–Crippen MR) is 220 cm³/mol. The number of carbonyl (C=O) groups is 4. The highest BCUT2D eigenvalue weighted by Crippen LogP contribution is 2.37. The van der Waals surface area contributed by atoms with Gasteiger partial charge in [0.15, 0.2) is 0 Å². The van der Waals surface area contributed by atoms with Gasteiger partial charge >= 0.3 is 24.3 Å². The van der Waals surface area contributed by atoms with Crippen LogP contribution in [0.1, 0.15) is 91.2 Å². The summed E-state index contributed by atoms with van der Waals surface area (Å²) in [6.07, 6.45) is -6.63. The Morgan fingerprint density at radius 3 is 1.06 bits per heavy atom. The zero-order valence-corrected chi connectivity index (χ0v) is 35.5. The van der Waals surface area contributed by atoms with Gasteiger partial charge in [-0.15, -0.1) is 0 Å². The van der Waals surface area contributed by atoms with E-state index in [-0.39, 0.29) is 34.6 Å². The van der Waals surface area contributed by atoms with Gasteiger partial charge in [0.2, 0.25) is 11.8 Å². The highest BCUT2D eigenvalue weighted by molar-refractivity contribution is 5.97. The number of halogens is 6. The molecule has 0 fully saturated rings. The molecule has 0 heterocycles. The summed E-state index contributed by atoms with van der Waals surface area (Å²) in [5.41, 5.74) is 29.4. The first-order valence-electron chi connectivity index (χ1n) is 19.2. The number of hydrogen-bond donors (Lipinski definition) is 8. The summed E-state index contributed by atoms with van der Waals surface area (Å²) in [5, 5.41) is 23.8. The highest BCUT2D eigenvalue weighted by atomic mass is 19.4. The maximum atomic E-state index is 12.9. The molecule has 2 amide bonds. The van der Waals surface area contributed by atoms with E-state index in [1.807, 2.05) is 12.1 Å². The zero-order valence-electron chi connectivity index (χ0n) is 35.5. The molecule has 0 spiro atoms. The molecule has 12 N–H and O–H groups in total. The van der Waals surface area contributed by atoms with Gasteiger partial charge < -0.3 is 30.4 Å². The number of hydrogen-bond acceptors (Lipinski definition) is 6. The minimum absolute atomic E-state index is 0.0430. The molecule has 20 heteroatoms. The van der Waals surface area contributed by atoms with Gasteiger partial charge in [-0.2, -0.15) is 26.3 Å². The number of rotatable bonds is 14. The van der Waals surface area contributed by atoms with Crippen LogP contribution in [0.15, 0.2) is 60.7 Å². The number of nitrogens with one attached hydrogen (secondary N) is 4. The molecule has 342 valence electrons. The van der Waals surface area contributed by atoms with Crippen molar-refractivity contribution >= 4 is 47.0 Å². The van der Waals surface area contributed by atoms with Gasteiger partial charge in [-0.05, 0) is 83.0 Å². The number of amides is 2. The first-order chi connectivity index (χ1) is 28.4. The quantitative estimate of drug-likeness (QED) is 0.0495. The molecule has 3 aromatic rings. The second kappa shape index (κ2) is 23.6. The van der Waals surface area contributed by atoms with Crippen LogP contribution >= 0.6 is 0 Å².